The van der Waals surface area contributed by atoms with Crippen LogP contribution in [0.25, 0.3) is 6.08 Å². The Bertz CT molecular complexity index is 916. The van der Waals surface area contributed by atoms with Crippen molar-refractivity contribution in [3.63, 3.8) is 0 Å². The van der Waals surface area contributed by atoms with Gasteiger partial charge in [-0.1, -0.05) is 28.1 Å². The number of amides is 2. The van der Waals surface area contributed by atoms with Gasteiger partial charge < -0.3 is 15.8 Å². The van der Waals surface area contributed by atoms with Gasteiger partial charge in [0, 0.05) is 15.7 Å². The van der Waals surface area contributed by atoms with E-state index in [-0.39, 0.29) is 12.2 Å². The maximum atomic E-state index is 12.4. The molecule has 0 bridgehead atoms. The average Bonchev–Trinajstić information content (AvgIpc) is 2.58. The van der Waals surface area contributed by atoms with Crippen molar-refractivity contribution >= 4 is 39.5 Å². The van der Waals surface area contributed by atoms with Crippen molar-refractivity contribution in [1.82, 2.24) is 0 Å². The van der Waals surface area contributed by atoms with E-state index in [0.717, 1.165) is 10.0 Å². The average molecular weight is 414 g/mol. The van der Waals surface area contributed by atoms with Gasteiger partial charge in [0.25, 0.3) is 11.8 Å². The Balaban J connectivity index is 2.30. The van der Waals surface area contributed by atoms with Crippen molar-refractivity contribution in [2.24, 2.45) is 5.73 Å². The number of nitrogens with zero attached hydrogens (tertiary/aromatic N) is 1. The van der Waals surface area contributed by atoms with Gasteiger partial charge in [0.15, 0.2) is 6.61 Å². The molecule has 7 heteroatoms. The second kappa shape index (κ2) is 8.83. The lowest BCUT2D eigenvalue weighted by Crippen LogP contribution is -2.20. The molecule has 26 heavy (non-hydrogen) atoms. The maximum absolute atomic E-state index is 12.4. The number of rotatable bonds is 6. The number of hydrogen-bond donors (Lipinski definition) is 2. The minimum absolute atomic E-state index is 0.103. The number of nitrogens with one attached hydrogen (secondary N) is 1. The first kappa shape index (κ1) is 19.2. The van der Waals surface area contributed by atoms with Gasteiger partial charge in [0.1, 0.15) is 17.4 Å². The molecule has 2 amide bonds. The van der Waals surface area contributed by atoms with Crippen molar-refractivity contribution in [3.05, 3.63) is 63.6 Å². The fourth-order valence-electron chi connectivity index (χ4n) is 2.14. The lowest BCUT2D eigenvalue weighted by atomic mass is 10.1. The molecule has 0 aliphatic carbocycles. The van der Waals surface area contributed by atoms with E-state index in [4.69, 9.17) is 10.5 Å². The molecule has 0 aliphatic heterocycles. The fraction of sp³-hybridized carbons (Fsp3) is 0.105. The zero-order valence-electron chi connectivity index (χ0n) is 14.0. The van der Waals surface area contributed by atoms with Gasteiger partial charge in [-0.25, -0.2) is 0 Å². The largest absolute Gasteiger partial charge is 0.483 e. The number of anilines is 1. The van der Waals surface area contributed by atoms with Gasteiger partial charge in [-0.3, -0.25) is 9.59 Å². The van der Waals surface area contributed by atoms with Crippen LogP contribution in [-0.2, 0) is 9.59 Å². The van der Waals surface area contributed by atoms with Crippen LogP contribution in [0.15, 0.2) is 52.5 Å². The third kappa shape index (κ3) is 5.46. The molecule has 2 rings (SSSR count). The molecule has 0 heterocycles. The molecule has 0 unspecified atom stereocenters. The summed E-state index contributed by atoms with van der Waals surface area (Å²) in [6.45, 7) is 1.60. The summed E-state index contributed by atoms with van der Waals surface area (Å²) in [4.78, 5) is 23.3. The Morgan fingerprint density at radius 3 is 2.73 bits per heavy atom. The maximum Gasteiger partial charge on any atom is 0.266 e. The van der Waals surface area contributed by atoms with Crippen LogP contribution >= 0.6 is 15.9 Å². The first-order chi connectivity index (χ1) is 12.4. The Kier molecular flexibility index (Phi) is 6.53. The van der Waals surface area contributed by atoms with Crippen LogP contribution in [0.2, 0.25) is 0 Å². The molecule has 2 aromatic rings. The highest BCUT2D eigenvalue weighted by atomic mass is 79.9. The summed E-state index contributed by atoms with van der Waals surface area (Å²) < 4.78 is 6.06. The molecule has 3 N–H and O–H groups in total. The van der Waals surface area contributed by atoms with Gasteiger partial charge in [-0.2, -0.15) is 5.26 Å². The standard InChI is InChI=1S/C19H16BrN3O3/c1-12-3-2-4-16(7-12)23-19(25)14(10-21)8-13-9-15(20)5-6-17(13)26-11-18(22)24/h2-9H,11H2,1H3,(H2,22,24)(H,23,25)/b14-8+. The lowest BCUT2D eigenvalue weighted by Gasteiger charge is -2.09. The highest BCUT2D eigenvalue weighted by Gasteiger charge is 2.12. The van der Waals surface area contributed by atoms with Gasteiger partial charge in [-0.05, 0) is 48.9 Å². The first-order valence-corrected chi connectivity index (χ1v) is 8.39. The zero-order valence-corrected chi connectivity index (χ0v) is 15.5. The molecule has 0 aromatic heterocycles. The van der Waals surface area contributed by atoms with Crippen molar-refractivity contribution in [2.45, 2.75) is 6.92 Å². The predicted molar refractivity (Wildman–Crippen MR) is 102 cm³/mol. The van der Waals surface area contributed by atoms with E-state index in [2.05, 4.69) is 21.2 Å². The summed E-state index contributed by atoms with van der Waals surface area (Å²) in [6, 6.07) is 14.1. The topological polar surface area (TPSA) is 105 Å². The molecule has 0 fully saturated rings. The zero-order chi connectivity index (χ0) is 19.1. The quantitative estimate of drug-likeness (QED) is 0.560. The number of primary amides is 1. The van der Waals surface area contributed by atoms with Crippen LogP contribution in [0.5, 0.6) is 5.75 Å². The van der Waals surface area contributed by atoms with Crippen molar-refractivity contribution in [3.8, 4) is 11.8 Å². The number of carbonyl (C=O) groups excluding carboxylic acids is 2. The molecule has 0 radical (unpaired) electrons. The molecule has 0 saturated carbocycles. The van der Waals surface area contributed by atoms with Crippen LogP contribution in [-0.4, -0.2) is 18.4 Å². The second-order valence-corrected chi connectivity index (χ2v) is 6.35. The number of hydrogen-bond acceptors (Lipinski definition) is 4. The number of nitrogens with two attached hydrogens (primary N) is 1. The van der Waals surface area contributed by atoms with E-state index in [0.29, 0.717) is 17.0 Å². The summed E-state index contributed by atoms with van der Waals surface area (Å²) in [5.74, 6) is -0.831. The molecule has 0 aliphatic rings. The number of nitriles is 1. The highest BCUT2D eigenvalue weighted by molar-refractivity contribution is 9.10. The second-order valence-electron chi connectivity index (χ2n) is 5.43. The van der Waals surface area contributed by atoms with Crippen LogP contribution in [0.4, 0.5) is 5.69 Å². The molecule has 2 aromatic carbocycles. The SMILES string of the molecule is Cc1cccc(NC(=O)/C(C#N)=C/c2cc(Br)ccc2OCC(N)=O)c1. The van der Waals surface area contributed by atoms with E-state index in [9.17, 15) is 14.9 Å². The summed E-state index contributed by atoms with van der Waals surface area (Å²) in [6.07, 6.45) is 1.40. The van der Waals surface area contributed by atoms with Gasteiger partial charge >= 0.3 is 0 Å². The third-order valence-electron chi connectivity index (χ3n) is 3.28. The number of ether oxygens (including phenoxy) is 1. The minimum atomic E-state index is -0.624. The summed E-state index contributed by atoms with van der Waals surface area (Å²) in [7, 11) is 0. The minimum Gasteiger partial charge on any atom is -0.483 e. The Labute approximate surface area is 159 Å². The number of benzene rings is 2. The predicted octanol–water partition coefficient (Wildman–Crippen LogP) is 3.17. The van der Waals surface area contributed by atoms with E-state index >= 15 is 0 Å². The number of aryl methyl sites for hydroxylation is 1. The molecule has 0 saturated heterocycles. The Hall–Kier alpha value is -3.11. The van der Waals surface area contributed by atoms with E-state index < -0.39 is 11.8 Å². The summed E-state index contributed by atoms with van der Waals surface area (Å²) in [5, 5.41) is 12.0. The van der Waals surface area contributed by atoms with Crippen LogP contribution in [0.1, 0.15) is 11.1 Å². The molecule has 6 nitrogen and oxygen atoms in total. The Morgan fingerprint density at radius 2 is 2.08 bits per heavy atom. The van der Waals surface area contributed by atoms with Crippen molar-refractivity contribution in [2.75, 3.05) is 11.9 Å². The summed E-state index contributed by atoms with van der Waals surface area (Å²) >= 11 is 3.33. The Morgan fingerprint density at radius 1 is 1.31 bits per heavy atom. The van der Waals surface area contributed by atoms with Crippen molar-refractivity contribution < 1.29 is 14.3 Å². The lowest BCUT2D eigenvalue weighted by molar-refractivity contribution is -0.120. The normalized spacial score (nSPS) is 10.7. The van der Waals surface area contributed by atoms with E-state index in [1.807, 2.05) is 25.1 Å². The van der Waals surface area contributed by atoms with Gasteiger partial charge in [-0.15, -0.1) is 0 Å². The fourth-order valence-corrected chi connectivity index (χ4v) is 2.52. The van der Waals surface area contributed by atoms with Crippen LogP contribution in [0, 0.1) is 18.3 Å². The number of carbonyl (C=O) groups is 2. The molecule has 132 valence electrons. The number of halogens is 1. The van der Waals surface area contributed by atoms with Crippen LogP contribution in [0.3, 0.4) is 0 Å². The van der Waals surface area contributed by atoms with Crippen molar-refractivity contribution in [1.29, 1.82) is 5.26 Å². The van der Waals surface area contributed by atoms with E-state index in [1.54, 1.807) is 30.3 Å². The van der Waals surface area contributed by atoms with E-state index in [1.165, 1.54) is 6.08 Å². The summed E-state index contributed by atoms with van der Waals surface area (Å²) in [5.41, 5.74) is 7.03. The monoisotopic (exact) mass is 413 g/mol. The third-order valence-corrected chi connectivity index (χ3v) is 3.78. The smallest absolute Gasteiger partial charge is 0.266 e. The molecule has 0 atom stereocenters. The molecular weight excluding hydrogens is 398 g/mol. The first-order valence-electron chi connectivity index (χ1n) is 7.59. The molecule has 0 spiro atoms. The molecular formula is C19H16BrN3O3. The van der Waals surface area contributed by atoms with Gasteiger partial charge in [0.05, 0.1) is 0 Å². The van der Waals surface area contributed by atoms with Gasteiger partial charge in [0.2, 0.25) is 0 Å². The van der Waals surface area contributed by atoms with Crippen LogP contribution < -0.4 is 15.8 Å². The highest BCUT2D eigenvalue weighted by Crippen LogP contribution is 2.26.